The molecule has 3 rings (SSSR count). The number of nitrogens with one attached hydrogen (secondary N) is 1. The second kappa shape index (κ2) is 7.55. The van der Waals surface area contributed by atoms with Gasteiger partial charge in [0.15, 0.2) is 0 Å². The van der Waals surface area contributed by atoms with Gasteiger partial charge in [0.1, 0.15) is 5.75 Å². The number of carbonyl (C=O) groups is 3. The quantitative estimate of drug-likeness (QED) is 0.856. The fraction of sp³-hybridized carbons (Fsp3) is 0.500. The Balaban J connectivity index is 1.65. The van der Waals surface area contributed by atoms with Gasteiger partial charge in [-0.3, -0.25) is 14.4 Å². The van der Waals surface area contributed by atoms with Crippen LogP contribution in [0.4, 0.5) is 0 Å². The Hall–Kier alpha value is -2.57. The highest BCUT2D eigenvalue weighted by Gasteiger charge is 2.34. The first-order valence-electron chi connectivity index (χ1n) is 8.53. The van der Waals surface area contributed by atoms with E-state index in [0.717, 1.165) is 11.3 Å². The number of nitrogens with zero attached hydrogens (tertiary/aromatic N) is 2. The summed E-state index contributed by atoms with van der Waals surface area (Å²) in [4.78, 5) is 39.8. The molecule has 1 aromatic rings. The van der Waals surface area contributed by atoms with Crippen molar-refractivity contribution in [1.29, 1.82) is 0 Å². The van der Waals surface area contributed by atoms with Crippen LogP contribution < -0.4 is 10.1 Å². The molecule has 7 heteroatoms. The van der Waals surface area contributed by atoms with Gasteiger partial charge in [-0.05, 0) is 24.1 Å². The van der Waals surface area contributed by atoms with Gasteiger partial charge in [0, 0.05) is 32.6 Å². The maximum absolute atomic E-state index is 12.7. The van der Waals surface area contributed by atoms with Gasteiger partial charge >= 0.3 is 0 Å². The number of piperidine rings is 1. The summed E-state index contributed by atoms with van der Waals surface area (Å²) < 4.78 is 5.22. The van der Waals surface area contributed by atoms with Crippen molar-refractivity contribution in [2.45, 2.75) is 19.4 Å². The Kier molecular flexibility index (Phi) is 5.21. The molecule has 2 aliphatic rings. The summed E-state index contributed by atoms with van der Waals surface area (Å²) >= 11 is 0. The molecule has 0 radical (unpaired) electrons. The second-order valence-corrected chi connectivity index (χ2v) is 6.47. The Bertz CT molecular complexity index is 676. The molecule has 0 spiro atoms. The van der Waals surface area contributed by atoms with E-state index in [4.69, 9.17) is 4.74 Å². The van der Waals surface area contributed by atoms with E-state index in [-0.39, 0.29) is 30.2 Å². The number of methoxy groups -OCH3 is 1. The molecule has 0 saturated carbocycles. The van der Waals surface area contributed by atoms with Gasteiger partial charge in [-0.1, -0.05) is 12.1 Å². The fourth-order valence-electron chi connectivity index (χ4n) is 3.35. The molecular weight excluding hydrogens is 322 g/mol. The van der Waals surface area contributed by atoms with Crippen LogP contribution in [0.15, 0.2) is 24.3 Å². The second-order valence-electron chi connectivity index (χ2n) is 6.47. The highest BCUT2D eigenvalue weighted by atomic mass is 16.5. The molecule has 2 saturated heterocycles. The maximum Gasteiger partial charge on any atom is 0.239 e. The van der Waals surface area contributed by atoms with Gasteiger partial charge < -0.3 is 19.9 Å². The van der Waals surface area contributed by atoms with Crippen molar-refractivity contribution < 1.29 is 19.1 Å². The lowest BCUT2D eigenvalue weighted by atomic mass is 9.95. The van der Waals surface area contributed by atoms with E-state index in [1.54, 1.807) is 16.9 Å². The van der Waals surface area contributed by atoms with E-state index in [9.17, 15) is 14.4 Å². The molecule has 25 heavy (non-hydrogen) atoms. The summed E-state index contributed by atoms with van der Waals surface area (Å²) in [5.74, 6) is 0.407. The van der Waals surface area contributed by atoms with E-state index in [1.807, 2.05) is 24.3 Å². The molecule has 0 aromatic heterocycles. The van der Waals surface area contributed by atoms with Crippen molar-refractivity contribution in [3.05, 3.63) is 29.8 Å². The number of amides is 3. The molecular formula is C18H23N3O4. The Morgan fingerprint density at radius 2 is 2.20 bits per heavy atom. The SMILES string of the molecule is COc1cccc(CN2C[C@@H](C(=O)N3CCNC(=O)C3)CCC2=O)c1. The van der Waals surface area contributed by atoms with E-state index in [1.165, 1.54) is 0 Å². The topological polar surface area (TPSA) is 79.0 Å². The van der Waals surface area contributed by atoms with Crippen molar-refractivity contribution in [3.63, 3.8) is 0 Å². The van der Waals surface area contributed by atoms with Crippen molar-refractivity contribution in [2.24, 2.45) is 5.92 Å². The standard InChI is InChI=1S/C18H23N3O4/c1-25-15-4-2-3-13(9-15)10-21-11-14(5-6-17(21)23)18(24)20-8-7-19-16(22)12-20/h2-4,9,14H,5-8,10-12H2,1H3,(H,19,22)/t14-/m0/s1. The summed E-state index contributed by atoms with van der Waals surface area (Å²) in [5.41, 5.74) is 0.971. The third-order valence-electron chi connectivity index (χ3n) is 4.71. The zero-order valence-electron chi connectivity index (χ0n) is 14.4. The molecule has 2 heterocycles. The van der Waals surface area contributed by atoms with Gasteiger partial charge in [0.25, 0.3) is 0 Å². The normalized spacial score (nSPS) is 21.1. The molecule has 1 N–H and O–H groups in total. The zero-order valence-corrected chi connectivity index (χ0v) is 14.4. The average Bonchev–Trinajstić information content (AvgIpc) is 2.63. The molecule has 2 fully saturated rings. The predicted molar refractivity (Wildman–Crippen MR) is 90.7 cm³/mol. The highest BCUT2D eigenvalue weighted by molar-refractivity contribution is 5.88. The molecule has 2 aliphatic heterocycles. The number of benzene rings is 1. The van der Waals surface area contributed by atoms with E-state index >= 15 is 0 Å². The minimum Gasteiger partial charge on any atom is -0.497 e. The van der Waals surface area contributed by atoms with Crippen LogP contribution in [0.25, 0.3) is 0 Å². The zero-order chi connectivity index (χ0) is 17.8. The maximum atomic E-state index is 12.7. The Morgan fingerprint density at radius 1 is 1.36 bits per heavy atom. The largest absolute Gasteiger partial charge is 0.497 e. The van der Waals surface area contributed by atoms with Crippen LogP contribution in [0.3, 0.4) is 0 Å². The van der Waals surface area contributed by atoms with E-state index in [0.29, 0.717) is 39.0 Å². The summed E-state index contributed by atoms with van der Waals surface area (Å²) in [5, 5.41) is 2.72. The van der Waals surface area contributed by atoms with Crippen LogP contribution in [0.2, 0.25) is 0 Å². The third kappa shape index (κ3) is 4.10. The van der Waals surface area contributed by atoms with Crippen LogP contribution in [0.1, 0.15) is 18.4 Å². The highest BCUT2D eigenvalue weighted by Crippen LogP contribution is 2.23. The molecule has 134 valence electrons. The first-order chi connectivity index (χ1) is 12.1. The number of rotatable bonds is 4. The van der Waals surface area contributed by atoms with E-state index < -0.39 is 0 Å². The van der Waals surface area contributed by atoms with Crippen molar-refractivity contribution in [3.8, 4) is 5.75 Å². The molecule has 1 aromatic carbocycles. The third-order valence-corrected chi connectivity index (χ3v) is 4.71. The van der Waals surface area contributed by atoms with Gasteiger partial charge in [0.2, 0.25) is 17.7 Å². The Morgan fingerprint density at radius 3 is 2.96 bits per heavy atom. The van der Waals surface area contributed by atoms with Crippen molar-refractivity contribution in [1.82, 2.24) is 15.1 Å². The molecule has 0 aliphatic carbocycles. The lowest BCUT2D eigenvalue weighted by Gasteiger charge is -2.36. The van der Waals surface area contributed by atoms with Gasteiger partial charge in [-0.15, -0.1) is 0 Å². The lowest BCUT2D eigenvalue weighted by molar-refractivity contribution is -0.146. The number of piperazine rings is 1. The monoisotopic (exact) mass is 345 g/mol. The number of hydrogen-bond donors (Lipinski definition) is 1. The predicted octanol–water partition coefficient (Wildman–Crippen LogP) is 0.392. The first-order valence-corrected chi connectivity index (χ1v) is 8.53. The van der Waals surface area contributed by atoms with E-state index in [2.05, 4.69) is 5.32 Å². The van der Waals surface area contributed by atoms with Crippen LogP contribution in [-0.2, 0) is 20.9 Å². The molecule has 0 unspecified atom stereocenters. The molecule has 0 bridgehead atoms. The number of ether oxygens (including phenoxy) is 1. The Labute approximate surface area is 146 Å². The first kappa shape index (κ1) is 17.3. The fourth-order valence-corrected chi connectivity index (χ4v) is 3.35. The number of likely N-dealkylation sites (tertiary alicyclic amines) is 1. The average molecular weight is 345 g/mol. The number of carbonyl (C=O) groups excluding carboxylic acids is 3. The molecule has 1 atom stereocenters. The van der Waals surface area contributed by atoms with Crippen molar-refractivity contribution >= 4 is 17.7 Å². The minimum atomic E-state index is -0.241. The van der Waals surface area contributed by atoms with Crippen molar-refractivity contribution in [2.75, 3.05) is 33.3 Å². The number of hydrogen-bond acceptors (Lipinski definition) is 4. The van der Waals surface area contributed by atoms with Gasteiger partial charge in [-0.2, -0.15) is 0 Å². The van der Waals surface area contributed by atoms with Gasteiger partial charge in [0.05, 0.1) is 19.6 Å². The van der Waals surface area contributed by atoms with Crippen LogP contribution in [0, 0.1) is 5.92 Å². The minimum absolute atomic E-state index is 0.0296. The smallest absolute Gasteiger partial charge is 0.239 e. The molecule has 3 amide bonds. The van der Waals surface area contributed by atoms with Crippen LogP contribution in [-0.4, -0.2) is 60.8 Å². The van der Waals surface area contributed by atoms with Crippen LogP contribution >= 0.6 is 0 Å². The van der Waals surface area contributed by atoms with Crippen LogP contribution in [0.5, 0.6) is 5.75 Å². The summed E-state index contributed by atoms with van der Waals surface area (Å²) in [6.45, 7) is 1.99. The van der Waals surface area contributed by atoms with Gasteiger partial charge in [-0.25, -0.2) is 0 Å². The summed E-state index contributed by atoms with van der Waals surface area (Å²) in [7, 11) is 1.61. The summed E-state index contributed by atoms with van der Waals surface area (Å²) in [6.07, 6.45) is 0.908. The summed E-state index contributed by atoms with van der Waals surface area (Å²) in [6, 6.07) is 7.58. The molecule has 7 nitrogen and oxygen atoms in total. The lowest BCUT2D eigenvalue weighted by Crippen LogP contribution is -2.54.